The molecule has 0 aliphatic heterocycles. The van der Waals surface area contributed by atoms with Gasteiger partial charge in [-0.3, -0.25) is 4.79 Å². The molecule has 0 fully saturated rings. The van der Waals surface area contributed by atoms with Crippen LogP contribution in [-0.4, -0.2) is 5.91 Å². The molecule has 1 heterocycles. The van der Waals surface area contributed by atoms with E-state index < -0.39 is 0 Å². The van der Waals surface area contributed by atoms with E-state index in [2.05, 4.69) is 21.2 Å². The molecule has 2 aromatic carbocycles. The predicted octanol–water partition coefficient (Wildman–Crippen LogP) is 5.20. The largest absolute Gasteiger partial charge is 0.451 e. The number of hydrogen-bond donors (Lipinski definition) is 2. The van der Waals surface area contributed by atoms with Gasteiger partial charge in [0.25, 0.3) is 5.91 Å². The van der Waals surface area contributed by atoms with E-state index in [0.717, 1.165) is 10.0 Å². The highest BCUT2D eigenvalue weighted by Crippen LogP contribution is 2.27. The number of amides is 1. The lowest BCUT2D eigenvalue weighted by Crippen LogP contribution is -2.12. The number of hydrogen-bond acceptors (Lipinski definition) is 3. The Labute approximate surface area is 146 Å². The molecule has 0 unspecified atom stereocenters. The van der Waals surface area contributed by atoms with Gasteiger partial charge in [0, 0.05) is 15.1 Å². The third-order valence-electron chi connectivity index (χ3n) is 3.20. The minimum absolute atomic E-state index is 0.203. The first-order valence-electron chi connectivity index (χ1n) is 6.75. The lowest BCUT2D eigenvalue weighted by molar-refractivity contribution is 0.0997. The first-order chi connectivity index (χ1) is 11.0. The zero-order valence-electron chi connectivity index (χ0n) is 11.8. The van der Waals surface area contributed by atoms with Crippen LogP contribution in [0.25, 0.3) is 11.3 Å². The lowest BCUT2D eigenvalue weighted by Gasteiger charge is -2.07. The Morgan fingerprint density at radius 2 is 1.96 bits per heavy atom. The summed E-state index contributed by atoms with van der Waals surface area (Å²) in [6, 6.07) is 15.9. The summed E-state index contributed by atoms with van der Waals surface area (Å²) in [5.41, 5.74) is 7.58. The number of nitrogens with two attached hydrogens (primary N) is 1. The first kappa shape index (κ1) is 15.6. The smallest absolute Gasteiger partial charge is 0.291 e. The minimum Gasteiger partial charge on any atom is -0.451 e. The molecule has 0 bridgehead atoms. The standard InChI is InChI=1S/C17H12BrClN2O2/c18-11-3-1-2-10(8-11)15-6-7-16(23-15)17(22)21-14-5-4-12(19)9-13(14)20/h1-9H,20H2,(H,21,22). The number of benzene rings is 2. The molecular weight excluding hydrogens is 380 g/mol. The molecule has 6 heteroatoms. The highest BCUT2D eigenvalue weighted by molar-refractivity contribution is 9.10. The van der Waals surface area contributed by atoms with Crippen molar-refractivity contribution in [2.45, 2.75) is 0 Å². The SMILES string of the molecule is Nc1cc(Cl)ccc1NC(=O)c1ccc(-c2cccc(Br)c2)o1. The average Bonchev–Trinajstić information content (AvgIpc) is 3.00. The third-order valence-corrected chi connectivity index (χ3v) is 3.93. The number of carbonyl (C=O) groups is 1. The molecule has 1 aromatic heterocycles. The number of furan rings is 1. The van der Waals surface area contributed by atoms with Gasteiger partial charge in [-0.1, -0.05) is 39.7 Å². The zero-order chi connectivity index (χ0) is 16.4. The van der Waals surface area contributed by atoms with E-state index in [-0.39, 0.29) is 11.7 Å². The fourth-order valence-electron chi connectivity index (χ4n) is 2.09. The molecule has 0 atom stereocenters. The normalized spacial score (nSPS) is 10.5. The highest BCUT2D eigenvalue weighted by atomic mass is 79.9. The quantitative estimate of drug-likeness (QED) is 0.603. The Hall–Kier alpha value is -2.24. The van der Waals surface area contributed by atoms with Crippen molar-refractivity contribution < 1.29 is 9.21 Å². The van der Waals surface area contributed by atoms with Crippen LogP contribution in [0.1, 0.15) is 10.6 Å². The van der Waals surface area contributed by atoms with Gasteiger partial charge in [-0.15, -0.1) is 0 Å². The Morgan fingerprint density at radius 1 is 1.13 bits per heavy atom. The van der Waals surface area contributed by atoms with Crippen molar-refractivity contribution in [3.8, 4) is 11.3 Å². The number of anilines is 2. The van der Waals surface area contributed by atoms with Crippen LogP contribution in [0.4, 0.5) is 11.4 Å². The average molecular weight is 392 g/mol. The Kier molecular flexibility index (Phi) is 4.41. The van der Waals surface area contributed by atoms with Crippen molar-refractivity contribution in [2.75, 3.05) is 11.1 Å². The summed E-state index contributed by atoms with van der Waals surface area (Å²) < 4.78 is 6.56. The minimum atomic E-state index is -0.375. The fourth-order valence-corrected chi connectivity index (χ4v) is 2.67. The van der Waals surface area contributed by atoms with Crippen LogP contribution in [0.2, 0.25) is 5.02 Å². The number of halogens is 2. The second kappa shape index (κ2) is 6.48. The van der Waals surface area contributed by atoms with Crippen LogP contribution >= 0.6 is 27.5 Å². The van der Waals surface area contributed by atoms with Gasteiger partial charge in [0.2, 0.25) is 0 Å². The number of nitrogens with one attached hydrogen (secondary N) is 1. The van der Waals surface area contributed by atoms with Crippen LogP contribution in [0.5, 0.6) is 0 Å². The number of carbonyl (C=O) groups excluding carboxylic acids is 1. The molecule has 0 saturated heterocycles. The molecule has 0 radical (unpaired) electrons. The topological polar surface area (TPSA) is 68.3 Å². The molecule has 3 rings (SSSR count). The first-order valence-corrected chi connectivity index (χ1v) is 7.92. The van der Waals surface area contributed by atoms with Crippen molar-refractivity contribution in [2.24, 2.45) is 0 Å². The molecule has 23 heavy (non-hydrogen) atoms. The predicted molar refractivity (Wildman–Crippen MR) is 95.7 cm³/mol. The van der Waals surface area contributed by atoms with Crippen molar-refractivity contribution in [3.63, 3.8) is 0 Å². The van der Waals surface area contributed by atoms with E-state index in [0.29, 0.717) is 22.2 Å². The van der Waals surface area contributed by atoms with Crippen molar-refractivity contribution in [1.82, 2.24) is 0 Å². The summed E-state index contributed by atoms with van der Waals surface area (Å²) in [5.74, 6) is 0.440. The van der Waals surface area contributed by atoms with Gasteiger partial charge < -0.3 is 15.5 Å². The molecule has 3 N–H and O–H groups in total. The van der Waals surface area contributed by atoms with E-state index in [4.69, 9.17) is 21.8 Å². The summed E-state index contributed by atoms with van der Waals surface area (Å²) in [7, 11) is 0. The van der Waals surface area contributed by atoms with Gasteiger partial charge in [0.05, 0.1) is 11.4 Å². The van der Waals surface area contributed by atoms with Crippen molar-refractivity contribution >= 4 is 44.8 Å². The molecular formula is C17H12BrClN2O2. The molecule has 0 spiro atoms. The second-order valence-electron chi connectivity index (χ2n) is 4.86. The molecule has 3 aromatic rings. The van der Waals surface area contributed by atoms with Gasteiger partial charge in [0.1, 0.15) is 5.76 Å². The Balaban J connectivity index is 1.81. The molecule has 0 aliphatic rings. The maximum absolute atomic E-state index is 12.3. The van der Waals surface area contributed by atoms with Gasteiger partial charge in [-0.25, -0.2) is 0 Å². The van der Waals surface area contributed by atoms with Gasteiger partial charge in [0.15, 0.2) is 5.76 Å². The van der Waals surface area contributed by atoms with Crippen LogP contribution in [0.3, 0.4) is 0 Å². The molecule has 4 nitrogen and oxygen atoms in total. The fraction of sp³-hybridized carbons (Fsp3) is 0. The van der Waals surface area contributed by atoms with Crippen LogP contribution in [-0.2, 0) is 0 Å². The van der Waals surface area contributed by atoms with E-state index >= 15 is 0 Å². The second-order valence-corrected chi connectivity index (χ2v) is 6.21. The molecule has 1 amide bonds. The maximum atomic E-state index is 12.3. The molecule has 0 saturated carbocycles. The molecule has 0 aliphatic carbocycles. The number of nitrogen functional groups attached to an aromatic ring is 1. The van der Waals surface area contributed by atoms with Crippen LogP contribution in [0.15, 0.2) is 63.5 Å². The summed E-state index contributed by atoms with van der Waals surface area (Å²) in [6.45, 7) is 0. The van der Waals surface area contributed by atoms with Gasteiger partial charge in [-0.2, -0.15) is 0 Å². The van der Waals surface area contributed by atoms with Crippen molar-refractivity contribution in [3.05, 3.63) is 69.9 Å². The van der Waals surface area contributed by atoms with Crippen LogP contribution in [0, 0.1) is 0 Å². The Morgan fingerprint density at radius 3 is 2.70 bits per heavy atom. The van der Waals surface area contributed by atoms with E-state index in [1.165, 1.54) is 0 Å². The third kappa shape index (κ3) is 3.57. The lowest BCUT2D eigenvalue weighted by atomic mass is 10.2. The Bertz CT molecular complexity index is 877. The van der Waals surface area contributed by atoms with Crippen LogP contribution < -0.4 is 11.1 Å². The van der Waals surface area contributed by atoms with Gasteiger partial charge >= 0.3 is 0 Å². The monoisotopic (exact) mass is 390 g/mol. The summed E-state index contributed by atoms with van der Waals surface area (Å²) in [5, 5.41) is 3.21. The van der Waals surface area contributed by atoms with E-state index in [9.17, 15) is 4.79 Å². The van der Waals surface area contributed by atoms with E-state index in [1.807, 2.05) is 24.3 Å². The molecule has 116 valence electrons. The summed E-state index contributed by atoms with van der Waals surface area (Å²) >= 11 is 9.25. The van der Waals surface area contributed by atoms with E-state index in [1.54, 1.807) is 30.3 Å². The highest BCUT2D eigenvalue weighted by Gasteiger charge is 2.14. The summed E-state index contributed by atoms with van der Waals surface area (Å²) in [6.07, 6.45) is 0. The van der Waals surface area contributed by atoms with Crippen molar-refractivity contribution in [1.29, 1.82) is 0 Å². The summed E-state index contributed by atoms with van der Waals surface area (Å²) in [4.78, 5) is 12.3. The maximum Gasteiger partial charge on any atom is 0.291 e. The van der Waals surface area contributed by atoms with Gasteiger partial charge in [-0.05, 0) is 42.5 Å². The number of rotatable bonds is 3. The zero-order valence-corrected chi connectivity index (χ0v) is 14.2.